The first-order valence-corrected chi connectivity index (χ1v) is 17.3. The first-order valence-electron chi connectivity index (χ1n) is 16.5. The molecule has 11 nitrogen and oxygen atoms in total. The van der Waals surface area contributed by atoms with E-state index in [1.54, 1.807) is 0 Å². The summed E-state index contributed by atoms with van der Waals surface area (Å²) in [4.78, 5) is 26.5. The molecule has 0 bridgehead atoms. The lowest BCUT2D eigenvalue weighted by atomic mass is 10.1. The summed E-state index contributed by atoms with van der Waals surface area (Å²) in [7, 11) is 2.15. The lowest BCUT2D eigenvalue weighted by molar-refractivity contribution is 0.188. The molecule has 0 aliphatic carbocycles. The van der Waals surface area contributed by atoms with E-state index in [0.717, 1.165) is 117 Å². The Morgan fingerprint density at radius 3 is 1.46 bits per heavy atom. The Kier molecular flexibility index (Phi) is 13.0. The zero-order valence-corrected chi connectivity index (χ0v) is 29.1. The van der Waals surface area contributed by atoms with Crippen molar-refractivity contribution in [2.45, 2.75) is 25.7 Å². The molecule has 0 atom stereocenters. The monoisotopic (exact) mass is 692 g/mol. The second-order valence-corrected chi connectivity index (χ2v) is 13.1. The smallest absolute Gasteiger partial charge is 0.221 e. The van der Waals surface area contributed by atoms with Gasteiger partial charge in [-0.3, -0.25) is 4.90 Å². The number of piperazine rings is 2. The second kappa shape index (κ2) is 17.6. The highest BCUT2D eigenvalue weighted by Gasteiger charge is 2.21. The molecule has 2 aromatic heterocycles. The molecule has 2 saturated heterocycles. The van der Waals surface area contributed by atoms with Crippen molar-refractivity contribution in [1.82, 2.24) is 29.7 Å². The number of rotatable bonds is 10. The van der Waals surface area contributed by atoms with Crippen LogP contribution in [0.3, 0.4) is 0 Å². The number of nitrogens with zero attached hydrogens (tertiary/aromatic N) is 8. The molecule has 256 valence electrons. The number of halogens is 2. The van der Waals surface area contributed by atoms with E-state index in [1.165, 1.54) is 11.1 Å². The molecule has 2 fully saturated rings. The minimum Gasteiger partial charge on any atom is -0.395 e. The Bertz CT molecular complexity index is 1580. The molecule has 0 unspecified atom stereocenters. The van der Waals surface area contributed by atoms with E-state index in [0.29, 0.717) is 11.9 Å². The fourth-order valence-electron chi connectivity index (χ4n) is 5.93. The van der Waals surface area contributed by atoms with Crippen molar-refractivity contribution in [3.63, 3.8) is 0 Å². The molecule has 6 rings (SSSR count). The average molecular weight is 694 g/mol. The molecule has 0 radical (unpaired) electrons. The van der Waals surface area contributed by atoms with Gasteiger partial charge in [-0.05, 0) is 68.1 Å². The summed E-state index contributed by atoms with van der Waals surface area (Å²) in [6.45, 7) is 8.55. The number of aromatic nitrogens is 4. The van der Waals surface area contributed by atoms with E-state index >= 15 is 0 Å². The summed E-state index contributed by atoms with van der Waals surface area (Å²) >= 11 is 11.9. The maximum atomic E-state index is 9.08. The number of anilines is 4. The number of likely N-dealkylation sites (N-methyl/N-ethyl adjacent to an activating group) is 1. The molecule has 4 aromatic rings. The van der Waals surface area contributed by atoms with Crippen LogP contribution in [0.25, 0.3) is 0 Å². The molecule has 0 saturated carbocycles. The van der Waals surface area contributed by atoms with Crippen LogP contribution in [-0.2, 0) is 25.7 Å². The van der Waals surface area contributed by atoms with Crippen LogP contribution in [0.15, 0.2) is 60.9 Å². The topological polar surface area (TPSA) is 137 Å². The maximum absolute atomic E-state index is 9.08. The summed E-state index contributed by atoms with van der Waals surface area (Å²) in [5.41, 5.74) is 16.4. The van der Waals surface area contributed by atoms with Crippen molar-refractivity contribution in [3.8, 4) is 0 Å². The van der Waals surface area contributed by atoms with Gasteiger partial charge in [0.1, 0.15) is 11.6 Å². The quantitative estimate of drug-likeness (QED) is 0.224. The third-order valence-electron chi connectivity index (χ3n) is 8.80. The zero-order valence-electron chi connectivity index (χ0n) is 27.6. The number of nitrogens with two attached hydrogens (primary N) is 2. The van der Waals surface area contributed by atoms with Crippen molar-refractivity contribution >= 4 is 46.7 Å². The Hall–Kier alpha value is -3.74. The van der Waals surface area contributed by atoms with Gasteiger partial charge in [0, 0.05) is 92.5 Å². The third kappa shape index (κ3) is 10.4. The predicted molar refractivity (Wildman–Crippen MR) is 196 cm³/mol. The molecule has 4 heterocycles. The van der Waals surface area contributed by atoms with E-state index in [4.69, 9.17) is 39.8 Å². The van der Waals surface area contributed by atoms with Gasteiger partial charge < -0.3 is 31.3 Å². The van der Waals surface area contributed by atoms with Crippen molar-refractivity contribution in [1.29, 1.82) is 0 Å². The number of nitrogen functional groups attached to an aromatic ring is 2. The lowest BCUT2D eigenvalue weighted by Gasteiger charge is -2.35. The number of benzene rings is 2. The average Bonchev–Trinajstić information content (AvgIpc) is 3.10. The van der Waals surface area contributed by atoms with Crippen LogP contribution in [0.2, 0.25) is 10.0 Å². The van der Waals surface area contributed by atoms with E-state index in [-0.39, 0.29) is 6.61 Å². The molecule has 13 heteroatoms. The highest BCUT2D eigenvalue weighted by atomic mass is 35.5. The minimum atomic E-state index is 0.201. The van der Waals surface area contributed by atoms with Gasteiger partial charge in [-0.25, -0.2) is 9.97 Å². The minimum absolute atomic E-state index is 0.201. The standard InChI is InChI=1S/C18H24ClN5O.C17H22ClN5/c19-16-5-2-14(3-6-16)1-4-15-13-21-18(20)22-17(15)24-9-7-23(8-10-24)11-12-25;1-22-8-10-23(11-9-22)16-14(12-20-17(19)21-16)5-2-13-3-6-15(18)7-4-13/h2-3,5-6,13,25H,1,4,7-12H2,(H2,20,21,22);3-4,6-7,12H,2,5,8-11H2,1H3,(H2,19,20,21). The van der Waals surface area contributed by atoms with Gasteiger partial charge in [-0.15, -0.1) is 0 Å². The molecule has 2 aliphatic heterocycles. The van der Waals surface area contributed by atoms with Crippen molar-refractivity contribution < 1.29 is 5.11 Å². The van der Waals surface area contributed by atoms with Crippen molar-refractivity contribution in [2.75, 3.05) is 93.8 Å². The van der Waals surface area contributed by atoms with Crippen molar-refractivity contribution in [2.24, 2.45) is 0 Å². The zero-order chi connectivity index (χ0) is 33.9. The molecule has 2 aliphatic rings. The first-order chi connectivity index (χ1) is 23.3. The van der Waals surface area contributed by atoms with Crippen molar-refractivity contribution in [3.05, 3.63) is 93.2 Å². The van der Waals surface area contributed by atoms with E-state index in [2.05, 4.69) is 58.7 Å². The second-order valence-electron chi connectivity index (χ2n) is 12.2. The van der Waals surface area contributed by atoms with Crippen LogP contribution in [-0.4, -0.2) is 107 Å². The van der Waals surface area contributed by atoms with Gasteiger partial charge in [0.15, 0.2) is 0 Å². The number of β-amino-alcohol motifs (C(OH)–C–C–N with tert-alkyl or cyclic N) is 1. The number of aryl methyl sites for hydroxylation is 4. The summed E-state index contributed by atoms with van der Waals surface area (Å²) in [6, 6.07) is 15.9. The van der Waals surface area contributed by atoms with Crippen LogP contribution in [0.4, 0.5) is 23.5 Å². The molecule has 2 aromatic carbocycles. The third-order valence-corrected chi connectivity index (χ3v) is 9.31. The van der Waals surface area contributed by atoms with Gasteiger partial charge >= 0.3 is 0 Å². The molecule has 5 N–H and O–H groups in total. The van der Waals surface area contributed by atoms with Gasteiger partial charge in [0.05, 0.1) is 6.61 Å². The van der Waals surface area contributed by atoms with Crippen LogP contribution >= 0.6 is 23.2 Å². The molecular weight excluding hydrogens is 647 g/mol. The van der Waals surface area contributed by atoms with Gasteiger partial charge in [-0.2, -0.15) is 9.97 Å². The Balaban J connectivity index is 0.000000188. The lowest BCUT2D eigenvalue weighted by Crippen LogP contribution is -2.47. The first kappa shape index (κ1) is 35.6. The van der Waals surface area contributed by atoms with E-state index in [1.807, 2.05) is 48.8 Å². The van der Waals surface area contributed by atoms with Crippen LogP contribution in [0.1, 0.15) is 22.3 Å². The Morgan fingerprint density at radius 2 is 1.04 bits per heavy atom. The van der Waals surface area contributed by atoms with Crippen LogP contribution in [0, 0.1) is 0 Å². The fraction of sp³-hybridized carbons (Fsp3) is 0.429. The van der Waals surface area contributed by atoms with Gasteiger partial charge in [0.2, 0.25) is 11.9 Å². The van der Waals surface area contributed by atoms with E-state index < -0.39 is 0 Å². The summed E-state index contributed by atoms with van der Waals surface area (Å²) in [5.74, 6) is 2.57. The number of aliphatic hydroxyl groups is 1. The normalized spacial score (nSPS) is 15.7. The Labute approximate surface area is 293 Å². The largest absolute Gasteiger partial charge is 0.395 e. The predicted octanol–water partition coefficient (Wildman–Crippen LogP) is 3.86. The molecule has 48 heavy (non-hydrogen) atoms. The maximum Gasteiger partial charge on any atom is 0.221 e. The van der Waals surface area contributed by atoms with Crippen LogP contribution < -0.4 is 21.3 Å². The van der Waals surface area contributed by atoms with Crippen LogP contribution in [0.5, 0.6) is 0 Å². The molecule has 0 amide bonds. The Morgan fingerprint density at radius 1 is 0.625 bits per heavy atom. The summed E-state index contributed by atoms with van der Waals surface area (Å²) in [6.07, 6.45) is 7.30. The van der Waals surface area contributed by atoms with Gasteiger partial charge in [-0.1, -0.05) is 47.5 Å². The highest BCUT2D eigenvalue weighted by molar-refractivity contribution is 6.30. The summed E-state index contributed by atoms with van der Waals surface area (Å²) in [5, 5.41) is 10.6. The fourth-order valence-corrected chi connectivity index (χ4v) is 6.18. The molecular formula is C35H46Cl2N10O. The van der Waals surface area contributed by atoms with Gasteiger partial charge in [0.25, 0.3) is 0 Å². The van der Waals surface area contributed by atoms with E-state index in [9.17, 15) is 0 Å². The summed E-state index contributed by atoms with van der Waals surface area (Å²) < 4.78 is 0. The SMILES string of the molecule is CN1CCN(c2nc(N)ncc2CCc2ccc(Cl)cc2)CC1.Nc1ncc(CCc2ccc(Cl)cc2)c(N2CCN(CCO)CC2)n1. The highest BCUT2D eigenvalue weighted by Crippen LogP contribution is 2.23. The number of hydrogen-bond acceptors (Lipinski definition) is 11. The number of hydrogen-bond donors (Lipinski definition) is 3. The number of aliphatic hydroxyl groups excluding tert-OH is 1. The molecule has 0 spiro atoms.